The number of hydrogen-bond acceptors (Lipinski definition) is 7. The Morgan fingerprint density at radius 1 is 1.39 bits per heavy atom. The molecule has 1 aliphatic heterocycles. The number of esters is 1. The first-order valence-corrected chi connectivity index (χ1v) is 10.7. The maximum atomic E-state index is 13.3. The van der Waals surface area contributed by atoms with Gasteiger partial charge in [0.05, 0.1) is 17.4 Å². The van der Waals surface area contributed by atoms with Gasteiger partial charge in [-0.05, 0) is 46.5 Å². The van der Waals surface area contributed by atoms with Crippen LogP contribution in [-0.2, 0) is 9.53 Å². The van der Waals surface area contributed by atoms with Gasteiger partial charge in [-0.15, -0.1) is 11.3 Å². The molecule has 1 aliphatic rings. The highest BCUT2D eigenvalue weighted by Crippen LogP contribution is 2.47. The van der Waals surface area contributed by atoms with E-state index in [1.54, 1.807) is 29.9 Å². The highest BCUT2D eigenvalue weighted by molar-refractivity contribution is 7.09. The number of nitrogens with one attached hydrogen (secondary N) is 1. The Morgan fingerprint density at radius 2 is 2.14 bits per heavy atom. The van der Waals surface area contributed by atoms with E-state index in [9.17, 15) is 4.79 Å². The van der Waals surface area contributed by atoms with Crippen LogP contribution in [-0.4, -0.2) is 32.1 Å². The van der Waals surface area contributed by atoms with Crippen LogP contribution in [0.4, 0.5) is 0 Å². The second-order valence-corrected chi connectivity index (χ2v) is 10.00. The fourth-order valence-corrected chi connectivity index (χ4v) is 4.70. The molecule has 1 fully saturated rings. The van der Waals surface area contributed by atoms with Gasteiger partial charge < -0.3 is 4.74 Å². The number of aromatic nitrogens is 3. The summed E-state index contributed by atoms with van der Waals surface area (Å²) in [6.45, 7) is 11.9. The number of rotatable bonds is 5. The summed E-state index contributed by atoms with van der Waals surface area (Å²) in [7, 11) is 0. The van der Waals surface area contributed by atoms with E-state index in [2.05, 4.69) is 29.1 Å². The average molecular weight is 403 g/mol. The second kappa shape index (κ2) is 7.87. The number of thiazole rings is 1. The Labute approximate surface area is 171 Å². The smallest absolute Gasteiger partial charge is 0.326 e. The van der Waals surface area contributed by atoms with Crippen molar-refractivity contribution in [1.82, 2.24) is 20.3 Å². The van der Waals surface area contributed by atoms with Gasteiger partial charge in [0.25, 0.3) is 0 Å². The maximum Gasteiger partial charge on any atom is 0.326 e. The molecule has 3 heterocycles. The molecule has 2 aromatic heterocycles. The van der Waals surface area contributed by atoms with Gasteiger partial charge in [-0.2, -0.15) is 0 Å². The van der Waals surface area contributed by atoms with Crippen LogP contribution in [0.2, 0.25) is 0 Å². The number of ether oxygens (including phenoxy) is 1. The number of nitrogens with zero attached hydrogens (tertiary/aromatic N) is 3. The van der Waals surface area contributed by atoms with Crippen LogP contribution < -0.4 is 5.32 Å². The van der Waals surface area contributed by atoms with E-state index in [4.69, 9.17) is 9.72 Å². The molecule has 28 heavy (non-hydrogen) atoms. The highest BCUT2D eigenvalue weighted by Gasteiger charge is 2.53. The lowest BCUT2D eigenvalue weighted by molar-refractivity contribution is -0.163. The van der Waals surface area contributed by atoms with Crippen LogP contribution in [0, 0.1) is 12.8 Å². The van der Waals surface area contributed by atoms with Crippen LogP contribution in [0.1, 0.15) is 75.8 Å². The highest BCUT2D eigenvalue weighted by atomic mass is 32.1. The first kappa shape index (κ1) is 20.9. The zero-order valence-electron chi connectivity index (χ0n) is 17.5. The minimum absolute atomic E-state index is 0.00446. The van der Waals surface area contributed by atoms with Crippen molar-refractivity contribution in [1.29, 1.82) is 0 Å². The van der Waals surface area contributed by atoms with Crippen molar-refractivity contribution >= 4 is 17.3 Å². The lowest BCUT2D eigenvalue weighted by Crippen LogP contribution is -2.52. The molecule has 0 amide bonds. The molecule has 7 heteroatoms. The fraction of sp³-hybridized carbons (Fsp3) is 0.619. The minimum atomic E-state index is -0.770. The Kier molecular flexibility index (Phi) is 5.87. The summed E-state index contributed by atoms with van der Waals surface area (Å²) < 4.78 is 5.85. The van der Waals surface area contributed by atoms with Crippen LogP contribution in [0.3, 0.4) is 0 Å². The molecular formula is C21H30N4O2S. The fourth-order valence-electron chi connectivity index (χ4n) is 3.95. The van der Waals surface area contributed by atoms with Gasteiger partial charge in [0, 0.05) is 29.9 Å². The number of carbonyl (C=O) groups excluding carboxylic acids is 1. The van der Waals surface area contributed by atoms with Gasteiger partial charge in [0.15, 0.2) is 0 Å². The molecule has 3 rings (SSSR count). The van der Waals surface area contributed by atoms with E-state index in [-0.39, 0.29) is 17.9 Å². The van der Waals surface area contributed by atoms with Gasteiger partial charge in [-0.3, -0.25) is 20.1 Å². The second-order valence-electron chi connectivity index (χ2n) is 9.07. The molecule has 2 aromatic rings. The largest absolute Gasteiger partial charge is 0.459 e. The van der Waals surface area contributed by atoms with E-state index in [0.717, 1.165) is 16.4 Å². The van der Waals surface area contributed by atoms with E-state index >= 15 is 0 Å². The Morgan fingerprint density at radius 3 is 2.71 bits per heavy atom. The predicted molar refractivity (Wildman–Crippen MR) is 110 cm³/mol. The Hall–Kier alpha value is -1.86. The third kappa shape index (κ3) is 4.58. The van der Waals surface area contributed by atoms with Gasteiger partial charge >= 0.3 is 5.97 Å². The molecule has 1 saturated heterocycles. The van der Waals surface area contributed by atoms with Crippen molar-refractivity contribution in [3.8, 4) is 0 Å². The molecule has 3 atom stereocenters. The number of carbonyl (C=O) groups is 1. The number of hydrogen-bond donors (Lipinski definition) is 1. The molecule has 0 radical (unpaired) electrons. The van der Waals surface area contributed by atoms with Crippen molar-refractivity contribution in [2.45, 2.75) is 77.5 Å². The van der Waals surface area contributed by atoms with Gasteiger partial charge in [0.1, 0.15) is 16.1 Å². The maximum absolute atomic E-state index is 13.3. The lowest BCUT2D eigenvalue weighted by atomic mass is 9.83. The zero-order chi connectivity index (χ0) is 20.5. The Bertz CT molecular complexity index is 816. The van der Waals surface area contributed by atoms with Crippen molar-refractivity contribution in [3.05, 3.63) is 40.4 Å². The van der Waals surface area contributed by atoms with Gasteiger partial charge in [-0.25, -0.2) is 4.98 Å². The molecule has 0 saturated carbocycles. The minimum Gasteiger partial charge on any atom is -0.459 e. The normalized spacial score (nSPS) is 25.2. The molecule has 0 aromatic carbocycles. The summed E-state index contributed by atoms with van der Waals surface area (Å²) in [4.78, 5) is 26.9. The zero-order valence-corrected chi connectivity index (χ0v) is 18.3. The quantitative estimate of drug-likeness (QED) is 0.756. The molecule has 0 spiro atoms. The third-order valence-corrected chi connectivity index (χ3v) is 5.68. The first-order chi connectivity index (χ1) is 13.1. The lowest BCUT2D eigenvalue weighted by Gasteiger charge is -2.33. The van der Waals surface area contributed by atoms with E-state index in [1.165, 1.54) is 0 Å². The molecule has 6 nitrogen and oxygen atoms in total. The van der Waals surface area contributed by atoms with E-state index in [0.29, 0.717) is 18.8 Å². The van der Waals surface area contributed by atoms with E-state index in [1.807, 2.05) is 33.1 Å². The molecule has 152 valence electrons. The predicted octanol–water partition coefficient (Wildman–Crippen LogP) is 4.19. The summed E-state index contributed by atoms with van der Waals surface area (Å²) >= 11 is 1.59. The van der Waals surface area contributed by atoms with E-state index < -0.39 is 11.1 Å². The number of aryl methyl sites for hydroxylation is 1. The van der Waals surface area contributed by atoms with Crippen molar-refractivity contribution in [3.63, 3.8) is 0 Å². The third-order valence-electron chi connectivity index (χ3n) is 4.82. The summed E-state index contributed by atoms with van der Waals surface area (Å²) in [6, 6.07) is -0.0950. The first-order valence-electron chi connectivity index (χ1n) is 9.79. The van der Waals surface area contributed by atoms with Gasteiger partial charge in [-0.1, -0.05) is 13.8 Å². The molecule has 1 N–H and O–H groups in total. The van der Waals surface area contributed by atoms with Crippen molar-refractivity contribution < 1.29 is 9.53 Å². The van der Waals surface area contributed by atoms with Crippen LogP contribution in [0.15, 0.2) is 24.0 Å². The monoisotopic (exact) mass is 402 g/mol. The topological polar surface area (TPSA) is 77.0 Å². The van der Waals surface area contributed by atoms with Crippen LogP contribution >= 0.6 is 11.3 Å². The van der Waals surface area contributed by atoms with Crippen LogP contribution in [0.5, 0.6) is 0 Å². The van der Waals surface area contributed by atoms with Crippen molar-refractivity contribution in [2.75, 3.05) is 0 Å². The van der Waals surface area contributed by atoms with Gasteiger partial charge in [0.2, 0.25) is 0 Å². The average Bonchev–Trinajstić information content (AvgIpc) is 3.20. The standard InChI is InChI=1S/C21H30N4O2S/c1-13(2)9-21(19(26)27-20(4,5)6)10-15(16-12-22-11-14(3)24-16)17(25-21)18-23-7-8-28-18/h7-8,11-13,15,17,25H,9-10H2,1-6H3/t15-,17-,21+/m1/s1. The summed E-state index contributed by atoms with van der Waals surface area (Å²) in [5, 5.41) is 6.56. The summed E-state index contributed by atoms with van der Waals surface area (Å²) in [6.07, 6.45) is 6.67. The Balaban J connectivity index is 2.03. The molecule has 0 aliphatic carbocycles. The SMILES string of the molecule is Cc1cncc([C@H]2C[C@@](CC(C)C)(C(=O)OC(C)(C)C)N[C@H]2c2nccs2)n1. The molecular weight excluding hydrogens is 372 g/mol. The summed E-state index contributed by atoms with van der Waals surface area (Å²) in [5.74, 6) is 0.141. The molecule has 0 unspecified atom stereocenters. The molecule has 0 bridgehead atoms. The van der Waals surface area contributed by atoms with Crippen LogP contribution in [0.25, 0.3) is 0 Å². The van der Waals surface area contributed by atoms with Crippen molar-refractivity contribution in [2.24, 2.45) is 5.92 Å². The summed E-state index contributed by atoms with van der Waals surface area (Å²) in [5.41, 5.74) is 0.449.